The number of rotatable bonds is 4. The van der Waals surface area contributed by atoms with Gasteiger partial charge in [-0.15, -0.1) is 0 Å². The van der Waals surface area contributed by atoms with Crippen LogP contribution in [0, 0.1) is 0 Å². The second kappa shape index (κ2) is 7.40. The number of nitrogens with zero attached hydrogens (tertiary/aromatic N) is 2. The average Bonchev–Trinajstić information content (AvgIpc) is 2.90. The number of para-hydroxylation sites is 2. The summed E-state index contributed by atoms with van der Waals surface area (Å²) in [6, 6.07) is 17.4. The number of piperidine rings is 1. The van der Waals surface area contributed by atoms with E-state index in [2.05, 4.69) is 58.0 Å². The Morgan fingerprint density at radius 3 is 2.59 bits per heavy atom. The number of aryl methyl sites for hydroxylation is 1. The number of hydrogen-bond donors (Lipinski definition) is 0. The van der Waals surface area contributed by atoms with Crippen LogP contribution in [0.3, 0.4) is 0 Å². The molecular formula is C24H28N2O. The number of aromatic nitrogens is 1. The Morgan fingerprint density at radius 1 is 0.852 bits per heavy atom. The summed E-state index contributed by atoms with van der Waals surface area (Å²) in [5.74, 6) is 1.02. The van der Waals surface area contributed by atoms with E-state index in [1.54, 1.807) is 0 Å². The molecule has 140 valence electrons. The van der Waals surface area contributed by atoms with Crippen molar-refractivity contribution in [3.63, 3.8) is 0 Å². The third-order valence-electron chi connectivity index (χ3n) is 6.13. The lowest BCUT2D eigenvalue weighted by molar-refractivity contribution is 0.223. The number of likely N-dealkylation sites (tertiary alicyclic amines) is 1. The summed E-state index contributed by atoms with van der Waals surface area (Å²) in [6.07, 6.45) is 6.32. The highest BCUT2D eigenvalue weighted by molar-refractivity contribution is 5.93. The molecule has 0 spiro atoms. The van der Waals surface area contributed by atoms with Gasteiger partial charge < -0.3 is 14.2 Å². The molecule has 0 aliphatic carbocycles. The maximum absolute atomic E-state index is 6.07. The number of fused-ring (bicyclic) bond motifs is 5. The van der Waals surface area contributed by atoms with Crippen molar-refractivity contribution in [2.45, 2.75) is 38.6 Å². The van der Waals surface area contributed by atoms with Crippen LogP contribution in [-0.4, -0.2) is 35.7 Å². The van der Waals surface area contributed by atoms with Gasteiger partial charge in [-0.3, -0.25) is 0 Å². The van der Waals surface area contributed by atoms with E-state index in [1.807, 2.05) is 0 Å². The van der Waals surface area contributed by atoms with Crippen LogP contribution in [-0.2, 0) is 13.0 Å². The summed E-state index contributed by atoms with van der Waals surface area (Å²) < 4.78 is 8.63. The van der Waals surface area contributed by atoms with Crippen LogP contribution < -0.4 is 4.74 Å². The van der Waals surface area contributed by atoms with Gasteiger partial charge in [-0.1, -0.05) is 36.8 Å². The van der Waals surface area contributed by atoms with Crippen molar-refractivity contribution < 1.29 is 4.74 Å². The molecule has 1 fully saturated rings. The molecule has 0 saturated carbocycles. The fraction of sp³-hybridized carbons (Fsp3) is 0.417. The molecule has 3 heterocycles. The molecular weight excluding hydrogens is 332 g/mol. The maximum atomic E-state index is 6.07. The van der Waals surface area contributed by atoms with Crippen molar-refractivity contribution >= 4 is 10.9 Å². The fourth-order valence-corrected chi connectivity index (χ4v) is 4.86. The lowest BCUT2D eigenvalue weighted by Gasteiger charge is -2.26. The van der Waals surface area contributed by atoms with Crippen molar-refractivity contribution in [1.29, 1.82) is 0 Å². The highest BCUT2D eigenvalue weighted by Crippen LogP contribution is 2.40. The molecule has 0 amide bonds. The zero-order chi connectivity index (χ0) is 18.1. The Morgan fingerprint density at radius 2 is 1.67 bits per heavy atom. The zero-order valence-corrected chi connectivity index (χ0v) is 16.0. The van der Waals surface area contributed by atoms with Crippen LogP contribution in [0.2, 0.25) is 0 Å². The highest BCUT2D eigenvalue weighted by atomic mass is 16.5. The topological polar surface area (TPSA) is 17.4 Å². The van der Waals surface area contributed by atoms with Crippen molar-refractivity contribution in [1.82, 2.24) is 9.47 Å². The summed E-state index contributed by atoms with van der Waals surface area (Å²) in [7, 11) is 0. The van der Waals surface area contributed by atoms with Gasteiger partial charge in [-0.2, -0.15) is 0 Å². The molecule has 1 saturated heterocycles. The van der Waals surface area contributed by atoms with Crippen LogP contribution in [0.1, 0.15) is 31.2 Å². The van der Waals surface area contributed by atoms with Gasteiger partial charge in [0.25, 0.3) is 0 Å². The van der Waals surface area contributed by atoms with Gasteiger partial charge in [0.1, 0.15) is 5.75 Å². The Balaban J connectivity index is 1.53. The minimum absolute atomic E-state index is 0.756. The van der Waals surface area contributed by atoms with Gasteiger partial charge in [0.15, 0.2) is 0 Å². The van der Waals surface area contributed by atoms with E-state index in [1.165, 1.54) is 73.0 Å². The maximum Gasteiger partial charge on any atom is 0.128 e. The van der Waals surface area contributed by atoms with E-state index in [9.17, 15) is 0 Å². The van der Waals surface area contributed by atoms with Crippen molar-refractivity contribution in [3.8, 4) is 17.0 Å². The SMILES string of the molecule is c1ccc2c(c1)OCCc1c-2n(CCCN2CCCCC2)c2ccccc12. The summed E-state index contributed by atoms with van der Waals surface area (Å²) in [4.78, 5) is 2.64. The lowest BCUT2D eigenvalue weighted by Crippen LogP contribution is -2.31. The second-order valence-corrected chi connectivity index (χ2v) is 7.85. The van der Waals surface area contributed by atoms with Gasteiger partial charge in [-0.25, -0.2) is 0 Å². The van der Waals surface area contributed by atoms with E-state index in [4.69, 9.17) is 4.74 Å². The Bertz CT molecular complexity index is 937. The first-order chi connectivity index (χ1) is 13.4. The molecule has 3 nitrogen and oxygen atoms in total. The molecule has 0 atom stereocenters. The molecule has 0 N–H and O–H groups in total. The van der Waals surface area contributed by atoms with E-state index in [0.717, 1.165) is 25.3 Å². The molecule has 3 heteroatoms. The van der Waals surface area contributed by atoms with Crippen LogP contribution >= 0.6 is 0 Å². The summed E-state index contributed by atoms with van der Waals surface area (Å²) in [5.41, 5.74) is 5.45. The van der Waals surface area contributed by atoms with Gasteiger partial charge >= 0.3 is 0 Å². The highest BCUT2D eigenvalue weighted by Gasteiger charge is 2.23. The van der Waals surface area contributed by atoms with E-state index < -0.39 is 0 Å². The van der Waals surface area contributed by atoms with Crippen LogP contribution in [0.5, 0.6) is 5.75 Å². The van der Waals surface area contributed by atoms with Crippen molar-refractivity contribution in [2.75, 3.05) is 26.2 Å². The molecule has 2 aliphatic rings. The monoisotopic (exact) mass is 360 g/mol. The van der Waals surface area contributed by atoms with Gasteiger partial charge in [0.05, 0.1) is 12.3 Å². The number of hydrogen-bond acceptors (Lipinski definition) is 2. The van der Waals surface area contributed by atoms with Crippen LogP contribution in [0.4, 0.5) is 0 Å². The predicted molar refractivity (Wildman–Crippen MR) is 111 cm³/mol. The lowest BCUT2D eigenvalue weighted by atomic mass is 10.0. The Hall–Kier alpha value is -2.26. The van der Waals surface area contributed by atoms with Gasteiger partial charge in [-0.05, 0) is 62.7 Å². The number of benzene rings is 2. The third kappa shape index (κ3) is 3.14. The molecule has 27 heavy (non-hydrogen) atoms. The second-order valence-electron chi connectivity index (χ2n) is 7.85. The first-order valence-electron chi connectivity index (χ1n) is 10.5. The number of ether oxygens (including phenoxy) is 1. The van der Waals surface area contributed by atoms with E-state index >= 15 is 0 Å². The van der Waals surface area contributed by atoms with Gasteiger partial charge in [0.2, 0.25) is 0 Å². The van der Waals surface area contributed by atoms with E-state index in [-0.39, 0.29) is 0 Å². The normalized spacial score (nSPS) is 17.2. The third-order valence-corrected chi connectivity index (χ3v) is 6.13. The van der Waals surface area contributed by atoms with Crippen LogP contribution in [0.25, 0.3) is 22.2 Å². The van der Waals surface area contributed by atoms with Gasteiger partial charge in [0, 0.05) is 29.4 Å². The average molecular weight is 361 g/mol. The standard InChI is InChI=1S/C24H28N2O/c1-6-14-25(15-7-1)16-8-17-26-22-11-4-2-9-19(22)20-13-18-27-23-12-5-3-10-21(23)24(20)26/h2-5,9-12H,1,6-8,13-18H2. The molecule has 0 radical (unpaired) electrons. The molecule has 2 aromatic carbocycles. The molecule has 0 bridgehead atoms. The zero-order valence-electron chi connectivity index (χ0n) is 16.0. The van der Waals surface area contributed by atoms with Crippen LogP contribution in [0.15, 0.2) is 48.5 Å². The molecule has 2 aliphatic heterocycles. The minimum atomic E-state index is 0.756. The van der Waals surface area contributed by atoms with Crippen molar-refractivity contribution in [2.24, 2.45) is 0 Å². The molecule has 0 unspecified atom stereocenters. The first-order valence-corrected chi connectivity index (χ1v) is 10.5. The predicted octanol–water partition coefficient (Wildman–Crippen LogP) is 5.12. The Labute approximate surface area is 161 Å². The van der Waals surface area contributed by atoms with Crippen molar-refractivity contribution in [3.05, 3.63) is 54.1 Å². The Kier molecular flexibility index (Phi) is 4.62. The minimum Gasteiger partial charge on any atom is -0.493 e. The first kappa shape index (κ1) is 16.9. The molecule has 5 rings (SSSR count). The molecule has 1 aromatic heterocycles. The quantitative estimate of drug-likeness (QED) is 0.642. The molecule has 3 aromatic rings. The largest absolute Gasteiger partial charge is 0.493 e. The fourth-order valence-electron chi connectivity index (χ4n) is 4.86. The smallest absolute Gasteiger partial charge is 0.128 e. The summed E-state index contributed by atoms with van der Waals surface area (Å²) in [5, 5.41) is 1.39. The van der Waals surface area contributed by atoms with E-state index in [0.29, 0.717) is 0 Å². The summed E-state index contributed by atoms with van der Waals surface area (Å²) >= 11 is 0. The summed E-state index contributed by atoms with van der Waals surface area (Å²) in [6.45, 7) is 5.59.